The summed E-state index contributed by atoms with van der Waals surface area (Å²) in [6, 6.07) is 0.413. The van der Waals surface area contributed by atoms with Crippen LogP contribution in [0.25, 0.3) is 0 Å². The summed E-state index contributed by atoms with van der Waals surface area (Å²) in [5.74, 6) is 0.309. The van der Waals surface area contributed by atoms with Crippen molar-refractivity contribution < 1.29 is 4.79 Å². The van der Waals surface area contributed by atoms with Crippen molar-refractivity contribution >= 4 is 5.91 Å². The Morgan fingerprint density at radius 1 is 1.44 bits per heavy atom. The van der Waals surface area contributed by atoms with Gasteiger partial charge in [0.15, 0.2) is 0 Å². The zero-order chi connectivity index (χ0) is 12.0. The highest BCUT2D eigenvalue weighted by Crippen LogP contribution is 2.12. The number of nitrogens with one attached hydrogen (secondary N) is 1. The second kappa shape index (κ2) is 6.89. The van der Waals surface area contributed by atoms with Gasteiger partial charge < -0.3 is 10.2 Å². The number of carbonyl (C=O) groups is 1. The summed E-state index contributed by atoms with van der Waals surface area (Å²) in [6.45, 7) is 8.33. The molecule has 0 aromatic rings. The molecule has 3 nitrogen and oxygen atoms in total. The lowest BCUT2D eigenvalue weighted by atomic mass is 10.1. The van der Waals surface area contributed by atoms with Crippen molar-refractivity contribution in [1.29, 1.82) is 0 Å². The first kappa shape index (κ1) is 13.5. The molecule has 1 heterocycles. The first-order valence-electron chi connectivity index (χ1n) is 6.70. The molecule has 1 aliphatic heterocycles. The van der Waals surface area contributed by atoms with Gasteiger partial charge in [0.2, 0.25) is 5.91 Å². The van der Waals surface area contributed by atoms with Crippen molar-refractivity contribution in [2.75, 3.05) is 13.1 Å². The Balaban J connectivity index is 2.44. The first-order chi connectivity index (χ1) is 7.66. The van der Waals surface area contributed by atoms with Gasteiger partial charge in [-0.15, -0.1) is 0 Å². The molecule has 0 spiro atoms. The van der Waals surface area contributed by atoms with E-state index < -0.39 is 0 Å². The standard InChI is InChI=1S/C13H26N2O/c1-4-5-6-10-15(11(2)3)13(16)12-8-7-9-14-12/h11-12,14H,4-10H2,1-3H3. The Morgan fingerprint density at radius 2 is 2.19 bits per heavy atom. The lowest BCUT2D eigenvalue weighted by Gasteiger charge is -2.29. The number of rotatable bonds is 6. The van der Waals surface area contributed by atoms with Crippen LogP contribution in [-0.2, 0) is 4.79 Å². The van der Waals surface area contributed by atoms with E-state index in [0.717, 1.165) is 32.4 Å². The summed E-state index contributed by atoms with van der Waals surface area (Å²) in [6.07, 6.45) is 5.71. The molecular weight excluding hydrogens is 200 g/mol. The predicted octanol–water partition coefficient (Wildman–Crippen LogP) is 2.17. The summed E-state index contributed by atoms with van der Waals surface area (Å²) >= 11 is 0. The normalized spacial score (nSPS) is 20.4. The zero-order valence-corrected chi connectivity index (χ0v) is 11.0. The third kappa shape index (κ3) is 3.78. The smallest absolute Gasteiger partial charge is 0.239 e. The van der Waals surface area contributed by atoms with E-state index in [4.69, 9.17) is 0 Å². The molecule has 1 aliphatic rings. The van der Waals surface area contributed by atoms with Crippen LogP contribution in [0.4, 0.5) is 0 Å². The quantitative estimate of drug-likeness (QED) is 0.704. The van der Waals surface area contributed by atoms with Gasteiger partial charge in [0.25, 0.3) is 0 Å². The van der Waals surface area contributed by atoms with Gasteiger partial charge in [-0.1, -0.05) is 19.8 Å². The van der Waals surface area contributed by atoms with Crippen molar-refractivity contribution in [2.45, 2.75) is 65.0 Å². The van der Waals surface area contributed by atoms with Gasteiger partial charge in [-0.2, -0.15) is 0 Å². The van der Waals surface area contributed by atoms with E-state index in [9.17, 15) is 4.79 Å². The van der Waals surface area contributed by atoms with Crippen molar-refractivity contribution in [2.24, 2.45) is 0 Å². The van der Waals surface area contributed by atoms with E-state index in [1.807, 2.05) is 4.90 Å². The number of nitrogens with zero attached hydrogens (tertiary/aromatic N) is 1. The fourth-order valence-corrected chi connectivity index (χ4v) is 2.25. The molecule has 94 valence electrons. The monoisotopic (exact) mass is 226 g/mol. The van der Waals surface area contributed by atoms with Crippen molar-refractivity contribution in [3.8, 4) is 0 Å². The fraction of sp³-hybridized carbons (Fsp3) is 0.923. The van der Waals surface area contributed by atoms with Gasteiger partial charge in [-0.05, 0) is 39.7 Å². The molecule has 0 aromatic carbocycles. The summed E-state index contributed by atoms with van der Waals surface area (Å²) in [5, 5.41) is 3.29. The van der Waals surface area contributed by atoms with Crippen molar-refractivity contribution in [3.63, 3.8) is 0 Å². The Bertz CT molecular complexity index is 210. The Morgan fingerprint density at radius 3 is 2.69 bits per heavy atom. The molecule has 0 aromatic heterocycles. The van der Waals surface area contributed by atoms with E-state index >= 15 is 0 Å². The molecule has 0 radical (unpaired) electrons. The Kier molecular flexibility index (Phi) is 5.81. The molecule has 0 saturated carbocycles. The third-order valence-electron chi connectivity index (χ3n) is 3.27. The molecule has 1 N–H and O–H groups in total. The molecule has 0 bridgehead atoms. The van der Waals surface area contributed by atoms with Crippen LogP contribution < -0.4 is 5.32 Å². The number of unbranched alkanes of at least 4 members (excludes halogenated alkanes) is 2. The highest BCUT2D eigenvalue weighted by molar-refractivity contribution is 5.82. The van der Waals surface area contributed by atoms with Gasteiger partial charge >= 0.3 is 0 Å². The highest BCUT2D eigenvalue weighted by Gasteiger charge is 2.27. The highest BCUT2D eigenvalue weighted by atomic mass is 16.2. The second-order valence-electron chi connectivity index (χ2n) is 4.98. The molecule has 1 unspecified atom stereocenters. The number of carbonyl (C=O) groups excluding carboxylic acids is 1. The van der Waals surface area contributed by atoms with Crippen LogP contribution in [0.3, 0.4) is 0 Å². The fourth-order valence-electron chi connectivity index (χ4n) is 2.25. The Labute approximate surface area is 99.6 Å². The minimum Gasteiger partial charge on any atom is -0.339 e. The lowest BCUT2D eigenvalue weighted by Crippen LogP contribution is -2.47. The average molecular weight is 226 g/mol. The van der Waals surface area contributed by atoms with Crippen LogP contribution in [-0.4, -0.2) is 36.0 Å². The van der Waals surface area contributed by atoms with Gasteiger partial charge in [-0.25, -0.2) is 0 Å². The van der Waals surface area contributed by atoms with Crippen LogP contribution >= 0.6 is 0 Å². The SMILES string of the molecule is CCCCCN(C(=O)C1CCCN1)C(C)C. The second-order valence-corrected chi connectivity index (χ2v) is 4.98. The minimum atomic E-state index is 0.0871. The molecular formula is C13H26N2O. The van der Waals surface area contributed by atoms with E-state index in [0.29, 0.717) is 11.9 Å². The van der Waals surface area contributed by atoms with E-state index in [2.05, 4.69) is 26.1 Å². The van der Waals surface area contributed by atoms with E-state index in [-0.39, 0.29) is 6.04 Å². The van der Waals surface area contributed by atoms with E-state index in [1.165, 1.54) is 12.8 Å². The molecule has 0 aliphatic carbocycles. The average Bonchev–Trinajstić information content (AvgIpc) is 2.76. The Hall–Kier alpha value is -0.570. The topological polar surface area (TPSA) is 32.3 Å². The predicted molar refractivity (Wildman–Crippen MR) is 67.4 cm³/mol. The molecule has 16 heavy (non-hydrogen) atoms. The van der Waals surface area contributed by atoms with Gasteiger partial charge in [0.1, 0.15) is 0 Å². The maximum absolute atomic E-state index is 12.2. The van der Waals surface area contributed by atoms with Crippen molar-refractivity contribution in [1.82, 2.24) is 10.2 Å². The number of hydrogen-bond acceptors (Lipinski definition) is 2. The lowest BCUT2D eigenvalue weighted by molar-refractivity contribution is -0.134. The van der Waals surface area contributed by atoms with Crippen LogP contribution in [0.15, 0.2) is 0 Å². The largest absolute Gasteiger partial charge is 0.339 e. The van der Waals surface area contributed by atoms with Gasteiger partial charge in [0, 0.05) is 12.6 Å². The molecule has 1 saturated heterocycles. The van der Waals surface area contributed by atoms with E-state index in [1.54, 1.807) is 0 Å². The van der Waals surface area contributed by atoms with Crippen LogP contribution in [0.5, 0.6) is 0 Å². The van der Waals surface area contributed by atoms with Crippen molar-refractivity contribution in [3.05, 3.63) is 0 Å². The number of hydrogen-bond donors (Lipinski definition) is 1. The third-order valence-corrected chi connectivity index (χ3v) is 3.27. The molecule has 3 heteroatoms. The number of amides is 1. The van der Waals surface area contributed by atoms with Crippen LogP contribution in [0.2, 0.25) is 0 Å². The summed E-state index contributed by atoms with van der Waals surface area (Å²) in [7, 11) is 0. The minimum absolute atomic E-state index is 0.0871. The first-order valence-corrected chi connectivity index (χ1v) is 6.70. The maximum atomic E-state index is 12.2. The van der Waals surface area contributed by atoms with Gasteiger partial charge in [-0.3, -0.25) is 4.79 Å². The molecule has 1 amide bonds. The maximum Gasteiger partial charge on any atom is 0.239 e. The summed E-state index contributed by atoms with van der Waals surface area (Å²) in [5.41, 5.74) is 0. The summed E-state index contributed by atoms with van der Waals surface area (Å²) < 4.78 is 0. The zero-order valence-electron chi connectivity index (χ0n) is 11.0. The van der Waals surface area contributed by atoms with Gasteiger partial charge in [0.05, 0.1) is 6.04 Å². The molecule has 1 atom stereocenters. The molecule has 1 rings (SSSR count). The summed E-state index contributed by atoms with van der Waals surface area (Å²) in [4.78, 5) is 14.3. The van der Waals surface area contributed by atoms with Crippen LogP contribution in [0.1, 0.15) is 52.9 Å². The molecule has 1 fully saturated rings. The van der Waals surface area contributed by atoms with Crippen LogP contribution in [0, 0.1) is 0 Å².